The van der Waals surface area contributed by atoms with Gasteiger partial charge < -0.3 is 10.0 Å². The van der Waals surface area contributed by atoms with Gasteiger partial charge in [-0.05, 0) is 12.8 Å². The normalized spacial score (nSPS) is 15.0. The Labute approximate surface area is 126 Å². The van der Waals surface area contributed by atoms with Gasteiger partial charge in [-0.1, -0.05) is 11.8 Å². The molecule has 21 heavy (non-hydrogen) atoms. The Kier molecular flexibility index (Phi) is 4.35. The van der Waals surface area contributed by atoms with Crippen LogP contribution in [0.1, 0.15) is 12.8 Å². The van der Waals surface area contributed by atoms with Crippen molar-refractivity contribution in [2.75, 3.05) is 25.4 Å². The first-order chi connectivity index (χ1) is 10.3. The summed E-state index contributed by atoms with van der Waals surface area (Å²) in [7, 11) is 0. The van der Waals surface area contributed by atoms with Gasteiger partial charge in [0.05, 0.1) is 30.5 Å². The standard InChI is InChI=1S/C13H17N5O2S/c19-6-5-18-12-10(7-16-18)13(15-9-14-12)21-8-11(20)17-3-1-2-4-17/h7,9,19H,1-6,8H2. The smallest absolute Gasteiger partial charge is 0.232 e. The van der Waals surface area contributed by atoms with Crippen molar-refractivity contribution in [2.24, 2.45) is 0 Å². The van der Waals surface area contributed by atoms with Gasteiger partial charge in [0.15, 0.2) is 5.65 Å². The van der Waals surface area contributed by atoms with E-state index in [-0.39, 0.29) is 12.5 Å². The Morgan fingerprint density at radius 3 is 2.90 bits per heavy atom. The minimum Gasteiger partial charge on any atom is -0.394 e. The first-order valence-electron chi connectivity index (χ1n) is 6.97. The number of carbonyl (C=O) groups is 1. The number of aromatic nitrogens is 4. The predicted octanol–water partition coefficient (Wildman–Crippen LogP) is 0.533. The lowest BCUT2D eigenvalue weighted by Crippen LogP contribution is -2.29. The summed E-state index contributed by atoms with van der Waals surface area (Å²) in [5.41, 5.74) is 0.690. The monoisotopic (exact) mass is 307 g/mol. The summed E-state index contributed by atoms with van der Waals surface area (Å²) in [5.74, 6) is 0.545. The highest BCUT2D eigenvalue weighted by Gasteiger charge is 2.19. The molecular weight excluding hydrogens is 290 g/mol. The number of thioether (sulfide) groups is 1. The lowest BCUT2D eigenvalue weighted by Gasteiger charge is -2.14. The molecule has 0 radical (unpaired) electrons. The fourth-order valence-corrected chi connectivity index (χ4v) is 3.30. The zero-order valence-corrected chi connectivity index (χ0v) is 12.4. The molecule has 0 bridgehead atoms. The van der Waals surface area contributed by atoms with Crippen molar-refractivity contribution in [2.45, 2.75) is 24.4 Å². The Morgan fingerprint density at radius 2 is 2.14 bits per heavy atom. The van der Waals surface area contributed by atoms with E-state index in [1.165, 1.54) is 18.1 Å². The van der Waals surface area contributed by atoms with Crippen LogP contribution in [0.15, 0.2) is 17.6 Å². The Morgan fingerprint density at radius 1 is 1.33 bits per heavy atom. The van der Waals surface area contributed by atoms with Crippen LogP contribution in [-0.4, -0.2) is 61.1 Å². The van der Waals surface area contributed by atoms with Crippen molar-refractivity contribution >= 4 is 28.7 Å². The number of rotatable bonds is 5. The first kappa shape index (κ1) is 14.3. The summed E-state index contributed by atoms with van der Waals surface area (Å²) in [6.07, 6.45) is 5.36. The lowest BCUT2D eigenvalue weighted by atomic mass is 10.4. The van der Waals surface area contributed by atoms with E-state index in [9.17, 15) is 4.79 Å². The molecule has 1 aliphatic rings. The number of nitrogens with zero attached hydrogens (tertiary/aromatic N) is 5. The SMILES string of the molecule is O=C(CSc1ncnc2c1cnn2CCO)N1CCCC1. The third kappa shape index (κ3) is 3.01. The Hall–Kier alpha value is -1.67. The molecule has 0 atom stereocenters. The van der Waals surface area contributed by atoms with E-state index in [1.54, 1.807) is 10.9 Å². The molecule has 0 spiro atoms. The molecular formula is C13H17N5O2S. The van der Waals surface area contributed by atoms with Crippen molar-refractivity contribution in [1.82, 2.24) is 24.6 Å². The molecule has 1 fully saturated rings. The van der Waals surface area contributed by atoms with Gasteiger partial charge in [0, 0.05) is 13.1 Å². The number of hydrogen-bond acceptors (Lipinski definition) is 6. The lowest BCUT2D eigenvalue weighted by molar-refractivity contribution is -0.127. The summed E-state index contributed by atoms with van der Waals surface area (Å²) in [6, 6.07) is 0. The maximum atomic E-state index is 12.1. The second-order valence-corrected chi connectivity index (χ2v) is 5.85. The highest BCUT2D eigenvalue weighted by Crippen LogP contribution is 2.24. The third-order valence-corrected chi connectivity index (χ3v) is 4.49. The minimum absolute atomic E-state index is 0.0106. The average molecular weight is 307 g/mol. The van der Waals surface area contributed by atoms with Gasteiger partial charge in [0.2, 0.25) is 5.91 Å². The van der Waals surface area contributed by atoms with Gasteiger partial charge in [-0.3, -0.25) is 4.79 Å². The molecule has 0 aromatic carbocycles. The van der Waals surface area contributed by atoms with Crippen LogP contribution in [-0.2, 0) is 11.3 Å². The third-order valence-electron chi connectivity index (χ3n) is 3.50. The number of carbonyl (C=O) groups excluding carboxylic acids is 1. The summed E-state index contributed by atoms with van der Waals surface area (Å²) >= 11 is 1.42. The van der Waals surface area contributed by atoms with Gasteiger partial charge >= 0.3 is 0 Å². The molecule has 0 aliphatic carbocycles. The molecule has 1 aliphatic heterocycles. The molecule has 3 heterocycles. The van der Waals surface area contributed by atoms with Crippen LogP contribution in [0.3, 0.4) is 0 Å². The van der Waals surface area contributed by atoms with Gasteiger partial charge in [-0.2, -0.15) is 5.10 Å². The molecule has 1 saturated heterocycles. The van der Waals surface area contributed by atoms with Crippen molar-refractivity contribution in [3.8, 4) is 0 Å². The molecule has 0 unspecified atom stereocenters. The number of aliphatic hydroxyl groups is 1. The van der Waals surface area contributed by atoms with Crippen molar-refractivity contribution in [1.29, 1.82) is 0 Å². The van der Waals surface area contributed by atoms with Gasteiger partial charge in [-0.15, -0.1) is 0 Å². The van der Waals surface area contributed by atoms with E-state index < -0.39 is 0 Å². The van der Waals surface area contributed by atoms with Gasteiger partial charge in [0.1, 0.15) is 11.4 Å². The highest BCUT2D eigenvalue weighted by atomic mass is 32.2. The summed E-state index contributed by atoms with van der Waals surface area (Å²) < 4.78 is 1.64. The van der Waals surface area contributed by atoms with Crippen LogP contribution in [0.5, 0.6) is 0 Å². The summed E-state index contributed by atoms with van der Waals surface area (Å²) in [4.78, 5) is 22.4. The number of hydrogen-bond donors (Lipinski definition) is 1. The highest BCUT2D eigenvalue weighted by molar-refractivity contribution is 8.00. The average Bonchev–Trinajstić information content (AvgIpc) is 3.15. The van der Waals surface area contributed by atoms with Crippen molar-refractivity contribution in [3.05, 3.63) is 12.5 Å². The molecule has 112 valence electrons. The van der Waals surface area contributed by atoms with E-state index in [0.29, 0.717) is 17.9 Å². The van der Waals surface area contributed by atoms with E-state index in [2.05, 4.69) is 15.1 Å². The number of aliphatic hydroxyl groups excluding tert-OH is 1. The largest absolute Gasteiger partial charge is 0.394 e. The van der Waals surface area contributed by atoms with E-state index >= 15 is 0 Å². The molecule has 7 nitrogen and oxygen atoms in total. The molecule has 1 N–H and O–H groups in total. The summed E-state index contributed by atoms with van der Waals surface area (Å²) in [6.45, 7) is 2.15. The topological polar surface area (TPSA) is 84.1 Å². The van der Waals surface area contributed by atoms with Crippen LogP contribution in [0.4, 0.5) is 0 Å². The zero-order chi connectivity index (χ0) is 14.7. The predicted molar refractivity (Wildman–Crippen MR) is 78.9 cm³/mol. The quantitative estimate of drug-likeness (QED) is 0.641. The Balaban J connectivity index is 1.73. The van der Waals surface area contributed by atoms with E-state index in [4.69, 9.17) is 5.11 Å². The number of likely N-dealkylation sites (tertiary alicyclic amines) is 1. The summed E-state index contributed by atoms with van der Waals surface area (Å²) in [5, 5.41) is 14.8. The van der Waals surface area contributed by atoms with Crippen LogP contribution in [0.2, 0.25) is 0 Å². The number of fused-ring (bicyclic) bond motifs is 1. The molecule has 1 amide bonds. The zero-order valence-electron chi connectivity index (χ0n) is 11.6. The van der Waals surface area contributed by atoms with E-state index in [0.717, 1.165) is 36.3 Å². The van der Waals surface area contributed by atoms with Crippen LogP contribution in [0, 0.1) is 0 Å². The molecule has 8 heteroatoms. The molecule has 2 aromatic heterocycles. The van der Waals surface area contributed by atoms with Crippen molar-refractivity contribution < 1.29 is 9.90 Å². The minimum atomic E-state index is 0.0106. The maximum Gasteiger partial charge on any atom is 0.232 e. The van der Waals surface area contributed by atoms with Crippen molar-refractivity contribution in [3.63, 3.8) is 0 Å². The van der Waals surface area contributed by atoms with Gasteiger partial charge in [-0.25, -0.2) is 14.6 Å². The molecule has 0 saturated carbocycles. The second kappa shape index (κ2) is 6.40. The van der Waals surface area contributed by atoms with Crippen LogP contribution < -0.4 is 0 Å². The molecule has 2 aromatic rings. The second-order valence-electron chi connectivity index (χ2n) is 4.88. The van der Waals surface area contributed by atoms with Gasteiger partial charge in [0.25, 0.3) is 0 Å². The number of amides is 1. The fraction of sp³-hybridized carbons (Fsp3) is 0.538. The van der Waals surface area contributed by atoms with Crippen LogP contribution in [0.25, 0.3) is 11.0 Å². The molecule has 3 rings (SSSR count). The fourth-order valence-electron chi connectivity index (χ4n) is 2.43. The van der Waals surface area contributed by atoms with Crippen LogP contribution >= 0.6 is 11.8 Å². The first-order valence-corrected chi connectivity index (χ1v) is 7.96. The Bertz CT molecular complexity index is 639. The van der Waals surface area contributed by atoms with E-state index in [1.807, 2.05) is 4.90 Å². The maximum absolute atomic E-state index is 12.1.